The van der Waals surface area contributed by atoms with Crippen molar-refractivity contribution < 1.29 is 37.1 Å². The molecule has 2 saturated carbocycles. The molecule has 4 amide bonds. The van der Waals surface area contributed by atoms with Crippen molar-refractivity contribution >= 4 is 23.8 Å². The topological polar surface area (TPSA) is 144 Å². The summed E-state index contributed by atoms with van der Waals surface area (Å²) >= 11 is 0. The van der Waals surface area contributed by atoms with E-state index in [1.165, 1.54) is 11.9 Å². The Balaban J connectivity index is 1.50. The largest absolute Gasteiger partial charge is 0.444 e. The zero-order chi connectivity index (χ0) is 31.4. The molecule has 4 rings (SSSR count). The molecule has 0 bridgehead atoms. The van der Waals surface area contributed by atoms with E-state index in [0.717, 1.165) is 17.7 Å². The predicted molar refractivity (Wildman–Crippen MR) is 143 cm³/mol. The fraction of sp³-hybridized carbons (Fsp3) is 0.821. The Morgan fingerprint density at radius 1 is 1.21 bits per heavy atom. The summed E-state index contributed by atoms with van der Waals surface area (Å²) in [6.07, 6.45) is -2.97. The van der Waals surface area contributed by atoms with E-state index in [0.29, 0.717) is 6.42 Å². The van der Waals surface area contributed by atoms with Crippen molar-refractivity contribution in [2.45, 2.75) is 95.7 Å². The molecule has 0 unspecified atom stereocenters. The van der Waals surface area contributed by atoms with Gasteiger partial charge in [-0.05, 0) is 70.8 Å². The molecule has 42 heavy (non-hydrogen) atoms. The molecule has 2 saturated heterocycles. The standard InChI is InChI=1S/C28H41F3N6O5/c1-25(2,3)42-24(41)34-18(13-36(6)14-28(29,30)31)23(40)37-12-17-19(26(17,4)5)20(37)22(39)33-16(11-32)9-15-10-27(7-8-27)35-21(15)38/h15-20H,7-10,12-14H2,1-6H3,(H,33,39)(H,34,41)(H,35,38)/t15-,16+,17+,18+,19+,20+/m1/s1. The first-order chi connectivity index (χ1) is 19.2. The lowest BCUT2D eigenvalue weighted by Crippen LogP contribution is -2.59. The number of fused-ring (bicyclic) bond motifs is 1. The molecule has 2 aliphatic carbocycles. The lowest BCUT2D eigenvalue weighted by atomic mass is 9.95. The van der Waals surface area contributed by atoms with E-state index in [1.54, 1.807) is 20.8 Å². The van der Waals surface area contributed by atoms with Gasteiger partial charge in [-0.15, -0.1) is 0 Å². The highest BCUT2D eigenvalue weighted by Gasteiger charge is 2.69. The summed E-state index contributed by atoms with van der Waals surface area (Å²) in [7, 11) is 1.18. The maximum absolute atomic E-state index is 13.8. The van der Waals surface area contributed by atoms with Crippen LogP contribution >= 0.6 is 0 Å². The number of piperidine rings is 1. The number of nitrogens with zero attached hydrogens (tertiary/aromatic N) is 3. The fourth-order valence-electron chi connectivity index (χ4n) is 6.67. The smallest absolute Gasteiger partial charge is 0.408 e. The summed E-state index contributed by atoms with van der Waals surface area (Å²) in [6.45, 7) is 7.17. The molecule has 234 valence electrons. The van der Waals surface area contributed by atoms with E-state index in [2.05, 4.69) is 22.0 Å². The second-order valence-electron chi connectivity index (χ2n) is 14.0. The van der Waals surface area contributed by atoms with Crippen LogP contribution in [0.4, 0.5) is 18.0 Å². The number of carbonyl (C=O) groups excluding carboxylic acids is 4. The van der Waals surface area contributed by atoms with Gasteiger partial charge in [-0.2, -0.15) is 18.4 Å². The summed E-state index contributed by atoms with van der Waals surface area (Å²) < 4.78 is 44.5. The van der Waals surface area contributed by atoms with Crippen LogP contribution in [0.5, 0.6) is 0 Å². The van der Waals surface area contributed by atoms with E-state index in [1.807, 2.05) is 13.8 Å². The minimum Gasteiger partial charge on any atom is -0.444 e. The number of likely N-dealkylation sites (N-methyl/N-ethyl adjacent to an activating group) is 1. The molecule has 11 nitrogen and oxygen atoms in total. The third-order valence-corrected chi connectivity index (χ3v) is 8.94. The predicted octanol–water partition coefficient (Wildman–Crippen LogP) is 1.92. The zero-order valence-electron chi connectivity index (χ0n) is 24.9. The number of ether oxygens (including phenoxy) is 1. The van der Waals surface area contributed by atoms with Crippen molar-refractivity contribution in [3.63, 3.8) is 0 Å². The molecule has 3 N–H and O–H groups in total. The first kappa shape index (κ1) is 31.8. The molecule has 2 heterocycles. The van der Waals surface area contributed by atoms with E-state index >= 15 is 0 Å². The Morgan fingerprint density at radius 3 is 2.38 bits per heavy atom. The number of likely N-dealkylation sites (tertiary alicyclic amines) is 1. The average molecular weight is 599 g/mol. The maximum Gasteiger partial charge on any atom is 0.408 e. The van der Waals surface area contributed by atoms with E-state index in [9.17, 15) is 37.6 Å². The molecule has 0 radical (unpaired) electrons. The Hall–Kier alpha value is -3.08. The number of alkyl halides is 3. The molecular formula is C28H41F3N6O5. The van der Waals surface area contributed by atoms with Gasteiger partial charge in [-0.3, -0.25) is 19.3 Å². The SMILES string of the molecule is CN(C[C@H](NC(=O)OC(C)(C)C)C(=O)N1C[C@H]2[C@@H]([C@H]1C(=O)N[C@H](C#N)C[C@@H]1CC3(CC3)NC1=O)C2(C)C)CC(F)(F)F. The summed E-state index contributed by atoms with van der Waals surface area (Å²) in [6, 6.07) is -1.32. The van der Waals surface area contributed by atoms with Crippen molar-refractivity contribution in [2.75, 3.05) is 26.7 Å². The monoisotopic (exact) mass is 598 g/mol. The van der Waals surface area contributed by atoms with E-state index in [-0.39, 0.29) is 41.7 Å². The van der Waals surface area contributed by atoms with Gasteiger partial charge in [0.05, 0.1) is 12.6 Å². The third kappa shape index (κ3) is 7.10. The van der Waals surface area contributed by atoms with Crippen LogP contribution in [0.25, 0.3) is 0 Å². The summed E-state index contributed by atoms with van der Waals surface area (Å²) in [5.41, 5.74) is -1.37. The van der Waals surface area contributed by atoms with E-state index < -0.39 is 66.8 Å². The Kier molecular flexibility index (Phi) is 8.25. The third-order valence-electron chi connectivity index (χ3n) is 8.94. The van der Waals surface area contributed by atoms with Crippen LogP contribution < -0.4 is 16.0 Å². The highest BCUT2D eigenvalue weighted by atomic mass is 19.4. The lowest BCUT2D eigenvalue weighted by molar-refractivity contribution is -0.148. The number of rotatable bonds is 9. The minimum absolute atomic E-state index is 0.0387. The Morgan fingerprint density at radius 2 is 1.86 bits per heavy atom. The van der Waals surface area contributed by atoms with Gasteiger partial charge in [0.2, 0.25) is 17.7 Å². The van der Waals surface area contributed by atoms with Crippen molar-refractivity contribution in [1.29, 1.82) is 5.26 Å². The van der Waals surface area contributed by atoms with Crippen molar-refractivity contribution in [3.05, 3.63) is 0 Å². The normalized spacial score (nSPS) is 28.4. The summed E-state index contributed by atoms with van der Waals surface area (Å²) in [5.74, 6) is -2.09. The number of amides is 4. The second kappa shape index (κ2) is 10.9. The number of carbonyl (C=O) groups is 4. The first-order valence-corrected chi connectivity index (χ1v) is 14.3. The summed E-state index contributed by atoms with van der Waals surface area (Å²) in [4.78, 5) is 54.7. The van der Waals surface area contributed by atoms with Gasteiger partial charge >= 0.3 is 12.3 Å². The highest BCUT2D eigenvalue weighted by molar-refractivity contribution is 5.93. The number of nitriles is 1. The van der Waals surface area contributed by atoms with Crippen LogP contribution in [0.1, 0.15) is 60.3 Å². The van der Waals surface area contributed by atoms with Crippen molar-refractivity contribution in [1.82, 2.24) is 25.8 Å². The molecule has 4 fully saturated rings. The maximum atomic E-state index is 13.8. The van der Waals surface area contributed by atoms with Crippen LogP contribution in [0.15, 0.2) is 0 Å². The van der Waals surface area contributed by atoms with Crippen LogP contribution in [0.3, 0.4) is 0 Å². The van der Waals surface area contributed by atoms with Gasteiger partial charge < -0.3 is 25.6 Å². The molecule has 6 atom stereocenters. The van der Waals surface area contributed by atoms with Gasteiger partial charge in [0, 0.05) is 24.5 Å². The zero-order valence-corrected chi connectivity index (χ0v) is 24.9. The number of alkyl carbamates (subject to hydrolysis) is 1. The molecule has 1 spiro atoms. The number of nitrogens with one attached hydrogen (secondary N) is 3. The highest BCUT2D eigenvalue weighted by Crippen LogP contribution is 2.65. The molecule has 0 aromatic rings. The molecule has 0 aromatic heterocycles. The average Bonchev–Trinajstić information content (AvgIpc) is 3.54. The minimum atomic E-state index is -4.53. The lowest BCUT2D eigenvalue weighted by Gasteiger charge is -2.35. The first-order valence-electron chi connectivity index (χ1n) is 14.3. The van der Waals surface area contributed by atoms with Gasteiger partial charge in [0.1, 0.15) is 23.7 Å². The van der Waals surface area contributed by atoms with Gasteiger partial charge in [0.15, 0.2) is 0 Å². The molecule has 0 aromatic carbocycles. The van der Waals surface area contributed by atoms with Crippen LogP contribution in [0, 0.1) is 34.5 Å². The van der Waals surface area contributed by atoms with Crippen LogP contribution in [-0.2, 0) is 19.1 Å². The molecular weight excluding hydrogens is 557 g/mol. The molecule has 4 aliphatic rings. The van der Waals surface area contributed by atoms with Crippen LogP contribution in [0.2, 0.25) is 0 Å². The molecule has 2 aliphatic heterocycles. The van der Waals surface area contributed by atoms with E-state index in [4.69, 9.17) is 4.74 Å². The second-order valence-corrected chi connectivity index (χ2v) is 14.0. The number of hydrogen-bond donors (Lipinski definition) is 3. The number of halogens is 3. The summed E-state index contributed by atoms with van der Waals surface area (Å²) in [5, 5.41) is 17.9. The van der Waals surface area contributed by atoms with Gasteiger partial charge in [-0.25, -0.2) is 4.79 Å². The van der Waals surface area contributed by atoms with Crippen molar-refractivity contribution in [3.8, 4) is 6.07 Å². The quantitative estimate of drug-likeness (QED) is 0.368. The van der Waals surface area contributed by atoms with Gasteiger partial charge in [0.25, 0.3) is 0 Å². The Bertz CT molecular complexity index is 1160. The van der Waals surface area contributed by atoms with Gasteiger partial charge in [-0.1, -0.05) is 13.8 Å². The Labute approximate surface area is 243 Å². The molecule has 14 heteroatoms. The number of hydrogen-bond acceptors (Lipinski definition) is 7. The van der Waals surface area contributed by atoms with Crippen LogP contribution in [-0.4, -0.2) is 95.7 Å². The van der Waals surface area contributed by atoms with Crippen molar-refractivity contribution in [2.24, 2.45) is 23.2 Å². The fourth-order valence-corrected chi connectivity index (χ4v) is 6.67.